The van der Waals surface area contributed by atoms with Crippen molar-refractivity contribution >= 4 is 22.7 Å². The molecule has 1 aliphatic heterocycles. The third-order valence-electron chi connectivity index (χ3n) is 6.99. The monoisotopic (exact) mass is 410 g/mol. The van der Waals surface area contributed by atoms with Gasteiger partial charge in [0.15, 0.2) is 0 Å². The van der Waals surface area contributed by atoms with Gasteiger partial charge in [0.1, 0.15) is 0 Å². The Morgan fingerprint density at radius 1 is 1.27 bits per heavy atom. The lowest BCUT2D eigenvalue weighted by Crippen LogP contribution is -2.58. The highest BCUT2D eigenvalue weighted by Gasteiger charge is 2.43. The van der Waals surface area contributed by atoms with Crippen molar-refractivity contribution in [2.45, 2.75) is 64.6 Å². The summed E-state index contributed by atoms with van der Waals surface area (Å²) in [5.41, 5.74) is 0.535. The summed E-state index contributed by atoms with van der Waals surface area (Å²) in [5.74, 6) is 1.06. The Labute approximate surface area is 176 Å². The molecule has 7 heteroatoms. The maximum Gasteiger partial charge on any atom is 0.261 e. The Bertz CT molecular complexity index is 1000. The van der Waals surface area contributed by atoms with E-state index in [1.165, 1.54) is 10.9 Å². The Kier molecular flexibility index (Phi) is 5.88. The highest BCUT2D eigenvalue weighted by Crippen LogP contribution is 2.38. The highest BCUT2D eigenvalue weighted by molar-refractivity contribution is 5.80. The fourth-order valence-electron chi connectivity index (χ4n) is 5.29. The van der Waals surface area contributed by atoms with Crippen molar-refractivity contribution in [2.24, 2.45) is 17.8 Å². The highest BCUT2D eigenvalue weighted by atomic mass is 16.2. The molecule has 0 bridgehead atoms. The van der Waals surface area contributed by atoms with E-state index in [1.807, 2.05) is 12.1 Å². The first-order chi connectivity index (χ1) is 14.5. The smallest absolute Gasteiger partial charge is 0.261 e. The van der Waals surface area contributed by atoms with Crippen LogP contribution in [-0.2, 0) is 16.1 Å². The SMILES string of the molecule is CCC1C(=O)NC2CC(NC(=O)CCn3cnc4ccccc4c3=O)CCC2C1C. The molecule has 0 spiro atoms. The van der Waals surface area contributed by atoms with Crippen molar-refractivity contribution in [1.29, 1.82) is 0 Å². The molecular formula is C23H30N4O3. The van der Waals surface area contributed by atoms with Gasteiger partial charge in [0, 0.05) is 31.0 Å². The number of aryl methyl sites for hydroxylation is 1. The van der Waals surface area contributed by atoms with Crippen molar-refractivity contribution in [3.8, 4) is 0 Å². The first-order valence-electron chi connectivity index (χ1n) is 11.0. The van der Waals surface area contributed by atoms with E-state index in [0.717, 1.165) is 25.7 Å². The second kappa shape index (κ2) is 8.58. The number of para-hydroxylation sites is 1. The third kappa shape index (κ3) is 3.98. The molecule has 2 heterocycles. The zero-order valence-electron chi connectivity index (χ0n) is 17.6. The first kappa shape index (κ1) is 20.6. The maximum atomic E-state index is 12.6. The zero-order valence-corrected chi connectivity index (χ0v) is 17.6. The zero-order chi connectivity index (χ0) is 21.3. The average molecular weight is 411 g/mol. The van der Waals surface area contributed by atoms with Gasteiger partial charge in [-0.1, -0.05) is 26.0 Å². The van der Waals surface area contributed by atoms with Crippen LogP contribution < -0.4 is 16.2 Å². The predicted octanol–water partition coefficient (Wildman–Crippen LogP) is 2.23. The molecular weight excluding hydrogens is 380 g/mol. The molecule has 2 aliphatic rings. The minimum atomic E-state index is -0.127. The molecule has 2 N–H and O–H groups in total. The van der Waals surface area contributed by atoms with Gasteiger partial charge in [-0.15, -0.1) is 0 Å². The quantitative estimate of drug-likeness (QED) is 0.791. The number of piperidine rings is 1. The molecule has 160 valence electrons. The summed E-state index contributed by atoms with van der Waals surface area (Å²) in [6, 6.07) is 7.42. The van der Waals surface area contributed by atoms with E-state index in [0.29, 0.717) is 29.3 Å². The molecule has 1 aliphatic carbocycles. The van der Waals surface area contributed by atoms with Crippen molar-refractivity contribution in [1.82, 2.24) is 20.2 Å². The predicted molar refractivity (Wildman–Crippen MR) is 115 cm³/mol. The van der Waals surface area contributed by atoms with E-state index in [1.54, 1.807) is 12.1 Å². The Morgan fingerprint density at radius 3 is 2.87 bits per heavy atom. The fourth-order valence-corrected chi connectivity index (χ4v) is 5.29. The van der Waals surface area contributed by atoms with E-state index in [9.17, 15) is 14.4 Å². The number of carbonyl (C=O) groups is 2. The number of hydrogen-bond donors (Lipinski definition) is 2. The topological polar surface area (TPSA) is 93.1 Å². The Morgan fingerprint density at radius 2 is 2.07 bits per heavy atom. The van der Waals surface area contributed by atoms with E-state index in [-0.39, 0.29) is 41.8 Å². The first-order valence-corrected chi connectivity index (χ1v) is 11.0. The lowest BCUT2D eigenvalue weighted by Gasteiger charge is -2.46. The summed E-state index contributed by atoms with van der Waals surface area (Å²) < 4.78 is 1.49. The average Bonchev–Trinajstić information content (AvgIpc) is 2.73. The number of aromatic nitrogens is 2. The van der Waals surface area contributed by atoms with Gasteiger partial charge in [0.05, 0.1) is 17.2 Å². The number of nitrogens with zero attached hydrogens (tertiary/aromatic N) is 2. The number of hydrogen-bond acceptors (Lipinski definition) is 4. The minimum Gasteiger partial charge on any atom is -0.353 e. The molecule has 1 saturated carbocycles. The van der Waals surface area contributed by atoms with Gasteiger partial charge in [-0.3, -0.25) is 19.0 Å². The number of rotatable bonds is 5. The molecule has 30 heavy (non-hydrogen) atoms. The van der Waals surface area contributed by atoms with Crippen LogP contribution in [-0.4, -0.2) is 33.4 Å². The van der Waals surface area contributed by atoms with Crippen LogP contribution in [0.2, 0.25) is 0 Å². The second-order valence-electron chi connectivity index (χ2n) is 8.74. The standard InChI is InChI=1S/C23H30N4O3/c1-3-16-14(2)17-9-8-15(12-20(17)26-22(16)29)25-21(28)10-11-27-13-24-19-7-5-4-6-18(19)23(27)30/h4-7,13-17,20H,3,8-12H2,1-2H3,(H,25,28)(H,26,29). The number of benzene rings is 1. The van der Waals surface area contributed by atoms with Gasteiger partial charge < -0.3 is 10.6 Å². The van der Waals surface area contributed by atoms with Crippen LogP contribution in [0.4, 0.5) is 0 Å². The lowest BCUT2D eigenvalue weighted by molar-refractivity contribution is -0.133. The minimum absolute atomic E-state index is 0.0656. The van der Waals surface area contributed by atoms with Crippen molar-refractivity contribution in [3.63, 3.8) is 0 Å². The molecule has 1 aromatic heterocycles. The van der Waals surface area contributed by atoms with Crippen LogP contribution in [0, 0.1) is 17.8 Å². The van der Waals surface area contributed by atoms with Crippen molar-refractivity contribution in [3.05, 3.63) is 40.9 Å². The van der Waals surface area contributed by atoms with Crippen LogP contribution in [0.25, 0.3) is 10.9 Å². The molecule has 2 fully saturated rings. The molecule has 5 atom stereocenters. The summed E-state index contributed by atoms with van der Waals surface area (Å²) in [6.45, 7) is 4.56. The normalized spacial score (nSPS) is 28.6. The molecule has 0 radical (unpaired) electrons. The van der Waals surface area contributed by atoms with E-state index in [2.05, 4.69) is 29.5 Å². The van der Waals surface area contributed by atoms with Crippen molar-refractivity contribution in [2.75, 3.05) is 0 Å². The van der Waals surface area contributed by atoms with Gasteiger partial charge in [0.2, 0.25) is 11.8 Å². The van der Waals surface area contributed by atoms with Crippen LogP contribution in [0.5, 0.6) is 0 Å². The molecule has 1 saturated heterocycles. The van der Waals surface area contributed by atoms with Crippen LogP contribution in [0.15, 0.2) is 35.4 Å². The van der Waals surface area contributed by atoms with E-state index < -0.39 is 0 Å². The summed E-state index contributed by atoms with van der Waals surface area (Å²) >= 11 is 0. The molecule has 2 amide bonds. The molecule has 1 aromatic carbocycles. The second-order valence-corrected chi connectivity index (χ2v) is 8.74. The summed E-state index contributed by atoms with van der Waals surface area (Å²) in [4.78, 5) is 41.7. The molecule has 5 unspecified atom stereocenters. The summed E-state index contributed by atoms with van der Waals surface area (Å²) in [5, 5.41) is 6.86. The molecule has 2 aromatic rings. The van der Waals surface area contributed by atoms with Gasteiger partial charge in [-0.2, -0.15) is 0 Å². The molecule has 7 nitrogen and oxygen atoms in total. The van der Waals surface area contributed by atoms with Gasteiger partial charge in [-0.25, -0.2) is 4.98 Å². The number of amides is 2. The van der Waals surface area contributed by atoms with E-state index in [4.69, 9.17) is 0 Å². The third-order valence-corrected chi connectivity index (χ3v) is 6.99. The number of fused-ring (bicyclic) bond motifs is 2. The van der Waals surface area contributed by atoms with Crippen molar-refractivity contribution < 1.29 is 9.59 Å². The Balaban J connectivity index is 1.33. The Hall–Kier alpha value is -2.70. The maximum absolute atomic E-state index is 12.6. The van der Waals surface area contributed by atoms with E-state index >= 15 is 0 Å². The summed E-state index contributed by atoms with van der Waals surface area (Å²) in [7, 11) is 0. The van der Waals surface area contributed by atoms with Crippen LogP contribution >= 0.6 is 0 Å². The van der Waals surface area contributed by atoms with Gasteiger partial charge in [-0.05, 0) is 49.7 Å². The summed E-state index contributed by atoms with van der Waals surface area (Å²) in [6.07, 6.45) is 5.33. The largest absolute Gasteiger partial charge is 0.353 e. The molecule has 4 rings (SSSR count). The lowest BCUT2D eigenvalue weighted by atomic mass is 9.67. The van der Waals surface area contributed by atoms with Crippen LogP contribution in [0.1, 0.15) is 46.0 Å². The van der Waals surface area contributed by atoms with Gasteiger partial charge in [0.25, 0.3) is 5.56 Å². The van der Waals surface area contributed by atoms with Crippen LogP contribution in [0.3, 0.4) is 0 Å². The number of carbonyl (C=O) groups excluding carboxylic acids is 2. The number of nitrogens with one attached hydrogen (secondary N) is 2. The fraction of sp³-hybridized carbons (Fsp3) is 0.565. The van der Waals surface area contributed by atoms with Gasteiger partial charge >= 0.3 is 0 Å².